The van der Waals surface area contributed by atoms with Gasteiger partial charge in [-0.25, -0.2) is 9.78 Å². The van der Waals surface area contributed by atoms with Gasteiger partial charge in [-0.15, -0.1) is 0 Å². The molecule has 0 aromatic carbocycles. The van der Waals surface area contributed by atoms with Gasteiger partial charge in [-0.05, 0) is 56.1 Å². The van der Waals surface area contributed by atoms with Gasteiger partial charge in [0, 0.05) is 12.2 Å². The lowest BCUT2D eigenvalue weighted by Crippen LogP contribution is -2.47. The molecule has 1 aromatic heterocycles. The fraction of sp³-hybridized carbons (Fsp3) is 0.611. The van der Waals surface area contributed by atoms with Gasteiger partial charge >= 0.3 is 12.2 Å². The molecule has 27 heavy (non-hydrogen) atoms. The molecule has 0 spiro atoms. The Hall–Kier alpha value is -1.77. The monoisotopic (exact) mass is 401 g/mol. The van der Waals surface area contributed by atoms with E-state index in [0.717, 1.165) is 36.4 Å². The first-order valence-corrected chi connectivity index (χ1v) is 9.97. The largest absolute Gasteiger partial charge is 0.417 e. The number of imide groups is 1. The quantitative estimate of drug-likeness (QED) is 0.736. The molecule has 2 saturated carbocycles. The minimum Gasteiger partial charge on any atom is -0.335 e. The lowest BCUT2D eigenvalue weighted by atomic mass is 9.84. The van der Waals surface area contributed by atoms with Crippen LogP contribution in [-0.2, 0) is 11.0 Å². The SMILES string of the molecule is CC(NC(=O)NC(=O)CSc1ccc(C(F)(F)F)cn1)C1CC2CCC1C2. The van der Waals surface area contributed by atoms with Crippen molar-refractivity contribution in [1.82, 2.24) is 15.6 Å². The summed E-state index contributed by atoms with van der Waals surface area (Å²) in [6.45, 7) is 1.97. The summed E-state index contributed by atoms with van der Waals surface area (Å²) in [5.41, 5.74) is -0.842. The number of nitrogens with zero attached hydrogens (tertiary/aromatic N) is 1. The first-order valence-electron chi connectivity index (χ1n) is 8.98. The second-order valence-corrected chi connectivity index (χ2v) is 8.32. The molecule has 0 radical (unpaired) electrons. The van der Waals surface area contributed by atoms with Crippen molar-refractivity contribution in [1.29, 1.82) is 0 Å². The van der Waals surface area contributed by atoms with Gasteiger partial charge in [0.1, 0.15) is 0 Å². The van der Waals surface area contributed by atoms with E-state index in [1.54, 1.807) is 0 Å². The number of hydrogen-bond donors (Lipinski definition) is 2. The van der Waals surface area contributed by atoms with Gasteiger partial charge in [-0.3, -0.25) is 10.1 Å². The van der Waals surface area contributed by atoms with E-state index < -0.39 is 23.7 Å². The third kappa shape index (κ3) is 5.15. The molecule has 148 valence electrons. The van der Waals surface area contributed by atoms with E-state index in [2.05, 4.69) is 15.6 Å². The van der Waals surface area contributed by atoms with E-state index in [4.69, 9.17) is 0 Å². The Kier molecular flexibility index (Phi) is 5.98. The Bertz CT molecular complexity index is 696. The molecule has 3 rings (SSSR count). The molecule has 0 saturated heterocycles. The lowest BCUT2D eigenvalue weighted by molar-refractivity contribution is -0.137. The van der Waals surface area contributed by atoms with Crippen LogP contribution in [0.5, 0.6) is 0 Å². The number of carbonyl (C=O) groups excluding carboxylic acids is 2. The number of thioether (sulfide) groups is 1. The normalized spacial score (nSPS) is 25.3. The third-order valence-electron chi connectivity index (χ3n) is 5.46. The van der Waals surface area contributed by atoms with Crippen molar-refractivity contribution >= 4 is 23.7 Å². The predicted octanol–water partition coefficient (Wildman–Crippen LogP) is 3.84. The first-order chi connectivity index (χ1) is 12.7. The number of halogens is 3. The predicted molar refractivity (Wildman–Crippen MR) is 95.0 cm³/mol. The molecule has 1 heterocycles. The summed E-state index contributed by atoms with van der Waals surface area (Å²) >= 11 is 0.973. The smallest absolute Gasteiger partial charge is 0.335 e. The molecule has 5 nitrogen and oxygen atoms in total. The Morgan fingerprint density at radius 1 is 1.30 bits per heavy atom. The maximum atomic E-state index is 12.5. The van der Waals surface area contributed by atoms with Gasteiger partial charge in [-0.1, -0.05) is 18.2 Å². The molecule has 2 bridgehead atoms. The molecule has 2 aliphatic rings. The van der Waals surface area contributed by atoms with Crippen LogP contribution in [0.25, 0.3) is 0 Å². The zero-order valence-electron chi connectivity index (χ0n) is 14.9. The van der Waals surface area contributed by atoms with E-state index in [1.165, 1.54) is 25.3 Å². The van der Waals surface area contributed by atoms with Crippen molar-refractivity contribution in [3.63, 3.8) is 0 Å². The number of carbonyl (C=O) groups is 2. The molecule has 4 unspecified atom stereocenters. The highest BCUT2D eigenvalue weighted by Crippen LogP contribution is 2.49. The molecule has 1 aromatic rings. The molecule has 2 N–H and O–H groups in total. The second-order valence-electron chi connectivity index (χ2n) is 7.32. The van der Waals surface area contributed by atoms with Gasteiger partial charge in [0.05, 0.1) is 16.3 Å². The standard InChI is InChI=1S/C18H22F3N3O2S/c1-10(14-7-11-2-3-12(14)6-11)23-17(26)24-15(25)9-27-16-5-4-13(8-22-16)18(19,20)21/h4-5,8,10-12,14H,2-3,6-7,9H2,1H3,(H2,23,24,25,26). The maximum Gasteiger partial charge on any atom is 0.417 e. The zero-order valence-corrected chi connectivity index (χ0v) is 15.7. The van der Waals surface area contributed by atoms with Crippen LogP contribution >= 0.6 is 11.8 Å². The Balaban J connectivity index is 1.40. The number of amides is 3. The van der Waals surface area contributed by atoms with E-state index >= 15 is 0 Å². The summed E-state index contributed by atoms with van der Waals surface area (Å²) in [5.74, 6) is 1.30. The minimum atomic E-state index is -4.44. The summed E-state index contributed by atoms with van der Waals surface area (Å²) < 4.78 is 37.5. The van der Waals surface area contributed by atoms with Crippen LogP contribution in [0, 0.1) is 17.8 Å². The summed E-state index contributed by atoms with van der Waals surface area (Å²) in [4.78, 5) is 27.6. The van der Waals surface area contributed by atoms with Crippen molar-refractivity contribution in [2.24, 2.45) is 17.8 Å². The van der Waals surface area contributed by atoms with Gasteiger partial charge < -0.3 is 5.32 Å². The molecule has 2 fully saturated rings. The van der Waals surface area contributed by atoms with Crippen LogP contribution in [0.3, 0.4) is 0 Å². The number of aromatic nitrogens is 1. The molecule has 2 aliphatic carbocycles. The summed E-state index contributed by atoms with van der Waals surface area (Å²) in [7, 11) is 0. The molecule has 4 atom stereocenters. The van der Waals surface area contributed by atoms with Gasteiger partial charge in [0.15, 0.2) is 0 Å². The van der Waals surface area contributed by atoms with Crippen LogP contribution in [0.4, 0.5) is 18.0 Å². The number of pyridine rings is 1. The Morgan fingerprint density at radius 3 is 2.63 bits per heavy atom. The van der Waals surface area contributed by atoms with Crippen molar-refractivity contribution in [3.05, 3.63) is 23.9 Å². The number of nitrogens with one attached hydrogen (secondary N) is 2. The van der Waals surface area contributed by atoms with Crippen LogP contribution in [-0.4, -0.2) is 28.7 Å². The average molecular weight is 401 g/mol. The van der Waals surface area contributed by atoms with Crippen molar-refractivity contribution in [2.45, 2.75) is 49.9 Å². The highest BCUT2D eigenvalue weighted by molar-refractivity contribution is 7.99. The fourth-order valence-corrected chi connectivity index (χ4v) is 4.83. The highest BCUT2D eigenvalue weighted by atomic mass is 32.2. The number of hydrogen-bond acceptors (Lipinski definition) is 4. The molecular formula is C18H22F3N3O2S. The Labute approximate surface area is 159 Å². The van der Waals surface area contributed by atoms with Gasteiger partial charge in [-0.2, -0.15) is 13.2 Å². The number of urea groups is 1. The maximum absolute atomic E-state index is 12.5. The molecule has 3 amide bonds. The van der Waals surface area contributed by atoms with E-state index in [1.807, 2.05) is 6.92 Å². The summed E-state index contributed by atoms with van der Waals surface area (Å²) in [6.07, 6.45) is 1.17. The first kappa shape index (κ1) is 20.0. The van der Waals surface area contributed by atoms with Crippen molar-refractivity contribution in [3.8, 4) is 0 Å². The number of rotatable bonds is 5. The third-order valence-corrected chi connectivity index (χ3v) is 6.41. The van der Waals surface area contributed by atoms with Crippen LogP contribution in [0.2, 0.25) is 0 Å². The van der Waals surface area contributed by atoms with Crippen LogP contribution in [0.1, 0.15) is 38.2 Å². The number of alkyl halides is 3. The minimum absolute atomic E-state index is 0.0114. The summed E-state index contributed by atoms with van der Waals surface area (Å²) in [5, 5.41) is 5.39. The van der Waals surface area contributed by atoms with E-state index in [0.29, 0.717) is 11.8 Å². The zero-order chi connectivity index (χ0) is 19.6. The van der Waals surface area contributed by atoms with Gasteiger partial charge in [0.2, 0.25) is 5.91 Å². The molecular weight excluding hydrogens is 379 g/mol. The number of fused-ring (bicyclic) bond motifs is 2. The Morgan fingerprint density at radius 2 is 2.07 bits per heavy atom. The van der Waals surface area contributed by atoms with Gasteiger partial charge in [0.25, 0.3) is 0 Å². The molecule has 0 aliphatic heterocycles. The summed E-state index contributed by atoms with van der Waals surface area (Å²) in [6, 6.07) is 1.60. The topological polar surface area (TPSA) is 71.1 Å². The van der Waals surface area contributed by atoms with Crippen molar-refractivity contribution < 1.29 is 22.8 Å². The average Bonchev–Trinajstić information content (AvgIpc) is 3.22. The highest BCUT2D eigenvalue weighted by Gasteiger charge is 2.42. The van der Waals surface area contributed by atoms with Crippen molar-refractivity contribution in [2.75, 3.05) is 5.75 Å². The second kappa shape index (κ2) is 8.08. The lowest BCUT2D eigenvalue weighted by Gasteiger charge is -2.28. The van der Waals surface area contributed by atoms with E-state index in [9.17, 15) is 22.8 Å². The van der Waals surface area contributed by atoms with Crippen LogP contribution < -0.4 is 10.6 Å². The van der Waals surface area contributed by atoms with E-state index in [-0.39, 0.29) is 16.8 Å². The van der Waals surface area contributed by atoms with Crippen LogP contribution in [0.15, 0.2) is 23.4 Å². The molecule has 9 heteroatoms. The fourth-order valence-electron chi connectivity index (χ4n) is 4.19.